The molecule has 2 rings (SSSR count). The normalized spacial score (nSPS) is 24.3. The Balaban J connectivity index is 2.34. The summed E-state index contributed by atoms with van der Waals surface area (Å²) in [6, 6.07) is 3.31. The molecule has 0 radical (unpaired) electrons. The Morgan fingerprint density at radius 2 is 2.33 bits per heavy atom. The van der Waals surface area contributed by atoms with E-state index in [0.29, 0.717) is 0 Å². The quantitative estimate of drug-likeness (QED) is 0.898. The van der Waals surface area contributed by atoms with E-state index in [0.717, 1.165) is 11.3 Å². The molecule has 1 aromatic rings. The first-order valence-corrected chi connectivity index (χ1v) is 6.55. The van der Waals surface area contributed by atoms with Gasteiger partial charge in [-0.05, 0) is 18.6 Å². The molecule has 0 bridgehead atoms. The van der Waals surface area contributed by atoms with Crippen LogP contribution in [0.5, 0.6) is 0 Å². The van der Waals surface area contributed by atoms with E-state index in [1.807, 2.05) is 19.1 Å². The number of carbonyl (C=O) groups is 2. The maximum Gasteiger partial charge on any atom is 0.335 e. The van der Waals surface area contributed by atoms with Crippen LogP contribution in [0.15, 0.2) is 12.1 Å². The fraction of sp³-hybridized carbons (Fsp3) is 0.500. The second kappa shape index (κ2) is 5.07. The number of likely N-dealkylation sites (N-methyl/N-ethyl adjacent to an activating group) is 1. The zero-order chi connectivity index (χ0) is 13.3. The summed E-state index contributed by atoms with van der Waals surface area (Å²) >= 11 is 1.53. The number of hydrogen-bond acceptors (Lipinski definition) is 4. The molecule has 2 heterocycles. The predicted octanol–water partition coefficient (Wildman–Crippen LogP) is 1.29. The molecule has 1 aromatic heterocycles. The van der Waals surface area contributed by atoms with Crippen molar-refractivity contribution in [1.82, 2.24) is 4.90 Å². The van der Waals surface area contributed by atoms with Gasteiger partial charge in [0, 0.05) is 16.8 Å². The Morgan fingerprint density at radius 3 is 2.89 bits per heavy atom. The molecule has 0 spiro atoms. The van der Waals surface area contributed by atoms with Crippen LogP contribution in [0.2, 0.25) is 0 Å². The summed E-state index contributed by atoms with van der Waals surface area (Å²) in [4.78, 5) is 26.3. The van der Waals surface area contributed by atoms with Gasteiger partial charge >= 0.3 is 5.97 Å². The van der Waals surface area contributed by atoms with Crippen molar-refractivity contribution in [2.24, 2.45) is 0 Å². The Morgan fingerprint density at radius 1 is 1.61 bits per heavy atom. The molecule has 1 N–H and O–H groups in total. The van der Waals surface area contributed by atoms with Crippen LogP contribution in [-0.4, -0.2) is 41.6 Å². The van der Waals surface area contributed by atoms with Crippen molar-refractivity contribution in [3.63, 3.8) is 0 Å². The van der Waals surface area contributed by atoms with Crippen LogP contribution in [0.1, 0.15) is 22.7 Å². The number of morpholine rings is 1. The van der Waals surface area contributed by atoms with Crippen LogP contribution in [0.25, 0.3) is 0 Å². The molecule has 1 fully saturated rings. The Labute approximate surface area is 109 Å². The Bertz CT molecular complexity index is 470. The lowest BCUT2D eigenvalue weighted by molar-refractivity contribution is -0.171. The highest BCUT2D eigenvalue weighted by Gasteiger charge is 2.40. The maximum atomic E-state index is 11.6. The number of carboxylic acids is 1. The number of amides is 1. The summed E-state index contributed by atoms with van der Waals surface area (Å²) in [6.45, 7) is 1.87. The molecule has 2 unspecified atom stereocenters. The summed E-state index contributed by atoms with van der Waals surface area (Å²) in [5, 5.41) is 9.18. The van der Waals surface area contributed by atoms with E-state index in [1.165, 1.54) is 21.1 Å². The Kier molecular flexibility index (Phi) is 3.68. The van der Waals surface area contributed by atoms with Crippen molar-refractivity contribution < 1.29 is 19.4 Å². The number of rotatable bonds is 3. The molecular weight excluding hydrogens is 254 g/mol. The first kappa shape index (κ1) is 13.0. The minimum atomic E-state index is -1.04. The number of aliphatic carboxylic acids is 1. The first-order valence-electron chi connectivity index (χ1n) is 5.73. The average Bonchev–Trinajstić information content (AvgIpc) is 2.80. The van der Waals surface area contributed by atoms with Gasteiger partial charge in [0.05, 0.1) is 0 Å². The number of thiophene rings is 1. The summed E-state index contributed by atoms with van der Waals surface area (Å²) in [6.07, 6.45) is -0.0933. The lowest BCUT2D eigenvalue weighted by atomic mass is 10.1. The molecule has 98 valence electrons. The van der Waals surface area contributed by atoms with Crippen LogP contribution in [-0.2, 0) is 20.7 Å². The van der Waals surface area contributed by atoms with Gasteiger partial charge in [0.25, 0.3) is 0 Å². The van der Waals surface area contributed by atoms with Crippen LogP contribution in [0.4, 0.5) is 0 Å². The third-order valence-electron chi connectivity index (χ3n) is 3.05. The van der Waals surface area contributed by atoms with E-state index in [1.54, 1.807) is 7.05 Å². The molecule has 6 heteroatoms. The molecule has 2 atom stereocenters. The minimum absolute atomic E-state index is 0.171. The van der Waals surface area contributed by atoms with Crippen molar-refractivity contribution in [2.75, 3.05) is 13.7 Å². The largest absolute Gasteiger partial charge is 0.479 e. The van der Waals surface area contributed by atoms with Crippen molar-refractivity contribution in [3.05, 3.63) is 21.9 Å². The van der Waals surface area contributed by atoms with Gasteiger partial charge in [-0.2, -0.15) is 0 Å². The smallest absolute Gasteiger partial charge is 0.335 e. The van der Waals surface area contributed by atoms with Crippen molar-refractivity contribution in [2.45, 2.75) is 25.5 Å². The van der Waals surface area contributed by atoms with E-state index >= 15 is 0 Å². The SMILES string of the molecule is CCc1ccc(C2C(C(=O)O)OCC(=O)N2C)s1. The third-order valence-corrected chi connectivity index (χ3v) is 4.35. The van der Waals surface area contributed by atoms with Crippen LogP contribution in [0, 0.1) is 0 Å². The standard InChI is InChI=1S/C12H15NO4S/c1-3-7-4-5-8(18-7)10-11(12(15)16)17-6-9(14)13(10)2/h4-5,10-11H,3,6H2,1-2H3,(H,15,16). The van der Waals surface area contributed by atoms with Gasteiger partial charge in [0.15, 0.2) is 6.10 Å². The summed E-state index contributed by atoms with van der Waals surface area (Å²) < 4.78 is 5.15. The molecule has 0 aromatic carbocycles. The molecule has 1 aliphatic rings. The highest BCUT2D eigenvalue weighted by Crippen LogP contribution is 2.33. The predicted molar refractivity (Wildman–Crippen MR) is 66.6 cm³/mol. The minimum Gasteiger partial charge on any atom is -0.479 e. The highest BCUT2D eigenvalue weighted by atomic mass is 32.1. The fourth-order valence-corrected chi connectivity index (χ4v) is 3.12. The second-order valence-electron chi connectivity index (χ2n) is 4.18. The number of aryl methyl sites for hydroxylation is 1. The summed E-state index contributed by atoms with van der Waals surface area (Å²) in [7, 11) is 1.62. The Hall–Kier alpha value is -1.40. The number of ether oxygens (including phenoxy) is 1. The summed E-state index contributed by atoms with van der Waals surface area (Å²) in [5.74, 6) is -1.23. The molecule has 1 aliphatic heterocycles. The molecule has 1 saturated heterocycles. The van der Waals surface area contributed by atoms with Gasteiger partial charge in [0.1, 0.15) is 12.6 Å². The molecule has 0 aliphatic carbocycles. The number of hydrogen-bond donors (Lipinski definition) is 1. The monoisotopic (exact) mass is 269 g/mol. The molecule has 0 saturated carbocycles. The van der Waals surface area contributed by atoms with Gasteiger partial charge < -0.3 is 14.7 Å². The molecule has 5 nitrogen and oxygen atoms in total. The second-order valence-corrected chi connectivity index (χ2v) is 5.38. The van der Waals surface area contributed by atoms with Crippen molar-refractivity contribution in [1.29, 1.82) is 0 Å². The number of nitrogens with zero attached hydrogens (tertiary/aromatic N) is 1. The van der Waals surface area contributed by atoms with Crippen LogP contribution in [0.3, 0.4) is 0 Å². The number of carboxylic acid groups (broad SMARTS) is 1. The molecule has 1 amide bonds. The van der Waals surface area contributed by atoms with Gasteiger partial charge in [-0.3, -0.25) is 4.79 Å². The topological polar surface area (TPSA) is 66.8 Å². The summed E-state index contributed by atoms with van der Waals surface area (Å²) in [5.41, 5.74) is 0. The van der Waals surface area contributed by atoms with Gasteiger partial charge in [-0.1, -0.05) is 6.92 Å². The van der Waals surface area contributed by atoms with E-state index in [2.05, 4.69) is 0 Å². The van der Waals surface area contributed by atoms with Crippen LogP contribution < -0.4 is 0 Å². The van der Waals surface area contributed by atoms with E-state index in [-0.39, 0.29) is 12.5 Å². The van der Waals surface area contributed by atoms with E-state index in [4.69, 9.17) is 4.74 Å². The van der Waals surface area contributed by atoms with E-state index in [9.17, 15) is 14.7 Å². The van der Waals surface area contributed by atoms with E-state index < -0.39 is 18.1 Å². The molecule has 18 heavy (non-hydrogen) atoms. The lowest BCUT2D eigenvalue weighted by Gasteiger charge is -2.36. The van der Waals surface area contributed by atoms with Gasteiger partial charge in [-0.25, -0.2) is 4.79 Å². The average molecular weight is 269 g/mol. The van der Waals surface area contributed by atoms with Gasteiger partial charge in [-0.15, -0.1) is 11.3 Å². The molecular formula is C12H15NO4S. The van der Waals surface area contributed by atoms with Gasteiger partial charge in [0.2, 0.25) is 5.91 Å². The fourth-order valence-electron chi connectivity index (χ4n) is 2.00. The zero-order valence-corrected chi connectivity index (χ0v) is 11.1. The highest BCUT2D eigenvalue weighted by molar-refractivity contribution is 7.12. The van der Waals surface area contributed by atoms with Crippen molar-refractivity contribution in [3.8, 4) is 0 Å². The van der Waals surface area contributed by atoms with Crippen molar-refractivity contribution >= 4 is 23.2 Å². The number of carbonyl (C=O) groups excluding carboxylic acids is 1. The van der Waals surface area contributed by atoms with Crippen LogP contribution >= 0.6 is 11.3 Å². The third kappa shape index (κ3) is 2.26. The zero-order valence-electron chi connectivity index (χ0n) is 10.3. The maximum absolute atomic E-state index is 11.6. The first-order chi connectivity index (χ1) is 8.54. The lowest BCUT2D eigenvalue weighted by Crippen LogP contribution is -2.49.